The zero-order chi connectivity index (χ0) is 8.69. The Morgan fingerprint density at radius 3 is 1.31 bits per heavy atom. The number of hydrogen-bond donors (Lipinski definition) is 0. The summed E-state index contributed by atoms with van der Waals surface area (Å²) in [5, 5.41) is 0. The Morgan fingerprint density at radius 2 is 1.12 bits per heavy atom. The molecule has 16 heteroatoms. The van der Waals surface area contributed by atoms with Crippen molar-refractivity contribution < 1.29 is 80.5 Å². The van der Waals surface area contributed by atoms with Crippen LogP contribution < -0.4 is 42.0 Å². The van der Waals surface area contributed by atoms with Gasteiger partial charge < -0.3 is 23.4 Å². The fraction of sp³-hybridized carbons (Fsp3) is 0. The van der Waals surface area contributed by atoms with Crippen LogP contribution in [0.25, 0.3) is 0 Å². The molecule has 0 saturated heterocycles. The molecule has 9 nitrogen and oxygen atoms in total. The Morgan fingerprint density at radius 1 is 0.875 bits per heavy atom. The van der Waals surface area contributed by atoms with Crippen molar-refractivity contribution in [3.8, 4) is 0 Å². The van der Waals surface area contributed by atoms with Crippen LogP contribution in [-0.2, 0) is 27.6 Å². The van der Waals surface area contributed by atoms with Crippen molar-refractivity contribution in [1.82, 2.24) is 0 Å². The van der Waals surface area contributed by atoms with Crippen LogP contribution in [0.15, 0.2) is 0 Å². The molecule has 0 aliphatic carbocycles. The SMILES string of the molecule is O.O.[CaH2].[Cl-].[Na+].[O]=[Al][O][Si](=O)O[Si](=O)[O][Al]=[O]. The zero-order valence-electron chi connectivity index (χ0n) is 7.39. The molecular formula is H6Al2CaClNaO9Si2. The molecule has 0 bridgehead atoms. The van der Waals surface area contributed by atoms with Crippen molar-refractivity contribution in [3.05, 3.63) is 0 Å². The van der Waals surface area contributed by atoms with Gasteiger partial charge in [-0.1, -0.05) is 0 Å². The van der Waals surface area contributed by atoms with Crippen molar-refractivity contribution in [2.75, 3.05) is 0 Å². The summed E-state index contributed by atoms with van der Waals surface area (Å²) in [6.45, 7) is 0. The molecule has 84 valence electrons. The van der Waals surface area contributed by atoms with E-state index in [0.717, 1.165) is 0 Å². The number of hydrogen-bond acceptors (Lipinski definition) is 7. The molecular weight excluding hydrogens is 353 g/mol. The normalized spacial score (nSPS) is 4.75. The zero-order valence-corrected chi connectivity index (χ0v) is 14.5. The Labute approximate surface area is 165 Å². The maximum absolute atomic E-state index is 10.3. The summed E-state index contributed by atoms with van der Waals surface area (Å²) < 4.78 is 52.0. The van der Waals surface area contributed by atoms with Crippen LogP contribution in [0.3, 0.4) is 0 Å². The standard InChI is InChI=1S/2Al.Ca.ClH.Na.O5Si2.2H2O.2O.2H/c;;;;;1-6(2)5-7(3)4;;;;;;/h;;;1H;;;2*1H2;;;;/q2*+1;;;+1;-2;;;;;;/p-1. The first-order valence-corrected chi connectivity index (χ1v) is 6.50. The molecule has 0 amide bonds. The van der Waals surface area contributed by atoms with Crippen LogP contribution in [0, 0.1) is 0 Å². The predicted octanol–water partition coefficient (Wildman–Crippen LogP) is -10.8. The maximum atomic E-state index is 10.3. The average molecular weight is 359 g/mol. The summed E-state index contributed by atoms with van der Waals surface area (Å²) in [6, 6.07) is 0. The van der Waals surface area contributed by atoms with E-state index in [1.807, 2.05) is 0 Å². The molecule has 0 aromatic rings. The Balaban J connectivity index is -0.0000000500. The summed E-state index contributed by atoms with van der Waals surface area (Å²) in [5.41, 5.74) is 0. The van der Waals surface area contributed by atoms with Crippen molar-refractivity contribution in [1.29, 1.82) is 0 Å². The Hall–Kier alpha value is 2.57. The van der Waals surface area contributed by atoms with Gasteiger partial charge in [0.05, 0.1) is 0 Å². The molecule has 0 spiro atoms. The molecule has 0 fully saturated rings. The molecule has 0 radical (unpaired) electrons. The van der Waals surface area contributed by atoms with Crippen LogP contribution in [0.2, 0.25) is 0 Å². The minimum atomic E-state index is -3.00. The van der Waals surface area contributed by atoms with Gasteiger partial charge in [-0.25, -0.2) is 0 Å². The number of rotatable bonds is 6. The van der Waals surface area contributed by atoms with Crippen molar-refractivity contribution >= 4 is 87.1 Å². The van der Waals surface area contributed by atoms with Gasteiger partial charge in [0.15, 0.2) is 0 Å². The number of halogens is 1. The summed E-state index contributed by atoms with van der Waals surface area (Å²) in [7, 11) is -6.01. The first-order chi connectivity index (χ1) is 5.20. The van der Waals surface area contributed by atoms with Gasteiger partial charge in [-0.2, -0.15) is 0 Å². The van der Waals surface area contributed by atoms with Crippen LogP contribution >= 0.6 is 0 Å². The molecule has 0 atom stereocenters. The monoisotopic (exact) mass is 358 g/mol. The third-order valence-corrected chi connectivity index (χ3v) is 4.10. The molecule has 16 heavy (non-hydrogen) atoms. The molecule has 0 aliphatic heterocycles. The van der Waals surface area contributed by atoms with E-state index in [4.69, 9.17) is 0 Å². The van der Waals surface area contributed by atoms with Gasteiger partial charge in [-0.3, -0.25) is 0 Å². The topological polar surface area (TPSA) is 159 Å². The molecule has 4 N–H and O–H groups in total. The molecule has 0 rings (SSSR count). The van der Waals surface area contributed by atoms with Crippen molar-refractivity contribution in [2.45, 2.75) is 0 Å². The van der Waals surface area contributed by atoms with Gasteiger partial charge in [-0.05, 0) is 0 Å². The van der Waals surface area contributed by atoms with E-state index in [-0.39, 0.29) is 90.7 Å². The minimum absolute atomic E-state index is 0. The van der Waals surface area contributed by atoms with Crippen molar-refractivity contribution in [3.63, 3.8) is 0 Å². The second-order valence-corrected chi connectivity index (χ2v) is 5.12. The van der Waals surface area contributed by atoms with E-state index in [0.29, 0.717) is 0 Å². The van der Waals surface area contributed by atoms with Crippen LogP contribution in [0.1, 0.15) is 0 Å². The van der Waals surface area contributed by atoms with E-state index in [9.17, 15) is 16.5 Å². The molecule has 0 aliphatic rings. The molecule has 0 unspecified atom stereocenters. The second kappa shape index (κ2) is 26.2. The van der Waals surface area contributed by atoms with Crippen LogP contribution in [-0.4, -0.2) is 98.0 Å². The van der Waals surface area contributed by atoms with Gasteiger partial charge in [0.1, 0.15) is 0 Å². The molecule has 0 aromatic carbocycles. The summed E-state index contributed by atoms with van der Waals surface area (Å²) in [4.78, 5) is 0. The third kappa shape index (κ3) is 25.4. The van der Waals surface area contributed by atoms with E-state index in [2.05, 4.69) is 11.1 Å². The predicted molar refractivity (Wildman–Crippen MR) is 44.8 cm³/mol. The van der Waals surface area contributed by atoms with E-state index in [1.165, 1.54) is 0 Å². The van der Waals surface area contributed by atoms with E-state index < -0.39 is 49.3 Å². The summed E-state index contributed by atoms with van der Waals surface area (Å²) in [5.74, 6) is 0. The summed E-state index contributed by atoms with van der Waals surface area (Å²) in [6.07, 6.45) is 0. The van der Waals surface area contributed by atoms with Gasteiger partial charge in [0, 0.05) is 0 Å². The molecule has 0 saturated carbocycles. The van der Waals surface area contributed by atoms with Crippen molar-refractivity contribution in [2.24, 2.45) is 0 Å². The van der Waals surface area contributed by atoms with E-state index in [1.54, 1.807) is 0 Å². The summed E-state index contributed by atoms with van der Waals surface area (Å²) >= 11 is -3.33. The first-order valence-electron chi connectivity index (χ1n) is 2.17. The Bertz CT molecular complexity index is 184. The average Bonchev–Trinajstić information content (AvgIpc) is 1.87. The van der Waals surface area contributed by atoms with Crippen LogP contribution in [0.4, 0.5) is 0 Å². The molecule has 0 aromatic heterocycles. The fourth-order valence-electron chi connectivity index (χ4n) is 0.195. The Kier molecular flexibility index (Phi) is 59.4. The first kappa shape index (κ1) is 36.3. The van der Waals surface area contributed by atoms with Gasteiger partial charge in [0.25, 0.3) is 0 Å². The quantitative estimate of drug-likeness (QED) is 0.426. The van der Waals surface area contributed by atoms with Crippen LogP contribution in [0.5, 0.6) is 0 Å². The van der Waals surface area contributed by atoms with Gasteiger partial charge >= 0.3 is 144 Å². The molecule has 0 heterocycles. The van der Waals surface area contributed by atoms with Gasteiger partial charge in [0.2, 0.25) is 0 Å². The van der Waals surface area contributed by atoms with E-state index >= 15 is 0 Å². The third-order valence-electron chi connectivity index (χ3n) is 0.455. The van der Waals surface area contributed by atoms with Gasteiger partial charge in [-0.15, -0.1) is 0 Å². The second-order valence-electron chi connectivity index (χ2n) is 1.03. The fourth-order valence-corrected chi connectivity index (χ4v) is 2.62.